The number of hydrogen-bond acceptors (Lipinski definition) is 0. The highest BCUT2D eigenvalue weighted by Crippen LogP contribution is 2.17. The van der Waals surface area contributed by atoms with Gasteiger partial charge in [-0.1, -0.05) is 6.04 Å². The molecule has 0 saturated heterocycles. The van der Waals surface area contributed by atoms with E-state index in [0.717, 1.165) is 0 Å². The van der Waals surface area contributed by atoms with Gasteiger partial charge < -0.3 is 0 Å². The van der Waals surface area contributed by atoms with Crippen molar-refractivity contribution < 1.29 is 21.1 Å². The maximum absolute atomic E-state index is 11.6. The van der Waals surface area contributed by atoms with Crippen molar-refractivity contribution in [3.05, 3.63) is 0 Å². The molecule has 0 aromatic rings. The van der Waals surface area contributed by atoms with Crippen LogP contribution in [0.15, 0.2) is 0 Å². The lowest BCUT2D eigenvalue weighted by Crippen LogP contribution is -2.15. The minimum Gasteiger partial charge on any atom is -0.238 e. The highest BCUT2D eigenvalue weighted by Gasteiger charge is 2.35. The maximum atomic E-state index is 11.6. The fourth-order valence-corrected chi connectivity index (χ4v) is 3.82. The topological polar surface area (TPSA) is 0 Å². The molecule has 7 heteroatoms. The molecule has 68 valence electrons. The quantitative estimate of drug-likeness (QED) is 0.281. The van der Waals surface area contributed by atoms with Crippen molar-refractivity contribution in [3.8, 4) is 0 Å². The lowest BCUT2D eigenvalue weighted by Gasteiger charge is -2.00. The van der Waals surface area contributed by atoms with Gasteiger partial charge in [-0.25, -0.2) is 21.1 Å². The van der Waals surface area contributed by atoms with Crippen LogP contribution >= 0.6 is 0 Å². The minimum absolute atomic E-state index is 0.0000617. The van der Waals surface area contributed by atoms with Crippen molar-refractivity contribution in [1.82, 2.24) is 0 Å². The molecule has 0 aliphatic carbocycles. The molecule has 0 saturated carbocycles. The Kier molecular flexibility index (Phi) is 4.90. The Balaban J connectivity index is 3.15. The first kappa shape index (κ1) is 11.1. The summed E-state index contributed by atoms with van der Waals surface area (Å²) in [5.41, 5.74) is 0. The molecule has 0 atom stereocenters. The predicted octanol–water partition coefficient (Wildman–Crippen LogP) is 2.10. The van der Waals surface area contributed by atoms with E-state index in [9.17, 15) is 21.1 Å². The van der Waals surface area contributed by atoms with Crippen LogP contribution in [0, 0.1) is 0 Å². The summed E-state index contributed by atoms with van der Waals surface area (Å²) in [6.45, 7) is 0. The Bertz CT molecular complexity index is 101. The summed E-state index contributed by atoms with van der Waals surface area (Å²) in [5.74, 6) is 0. The molecular weight excluding hydrogens is 199 g/mol. The van der Waals surface area contributed by atoms with Crippen molar-refractivity contribution in [2.45, 2.75) is 24.6 Å². The van der Waals surface area contributed by atoms with E-state index < -0.39 is 31.1 Å². The minimum atomic E-state index is -5.44. The van der Waals surface area contributed by atoms with Crippen molar-refractivity contribution in [3.63, 3.8) is 0 Å². The summed E-state index contributed by atoms with van der Waals surface area (Å²) in [6.07, 6.45) is -2.41. The van der Waals surface area contributed by atoms with Crippen LogP contribution < -0.4 is 0 Å². The van der Waals surface area contributed by atoms with Gasteiger partial charge in [0.05, 0.1) is 0 Å². The van der Waals surface area contributed by atoms with E-state index in [-0.39, 0.29) is 12.1 Å². The van der Waals surface area contributed by atoms with Gasteiger partial charge in [-0.3, -0.25) is 0 Å². The van der Waals surface area contributed by atoms with Crippen LogP contribution in [-0.4, -0.2) is 25.0 Å². The fourth-order valence-electron chi connectivity index (χ4n) is 0.624. The Labute approximate surface area is 65.1 Å². The van der Waals surface area contributed by atoms with Crippen LogP contribution in [0.1, 0.15) is 0 Å². The van der Waals surface area contributed by atoms with Gasteiger partial charge in [0.15, 0.2) is 0 Å². The van der Waals surface area contributed by atoms with Crippen molar-refractivity contribution >= 4 is 18.6 Å². The summed E-state index contributed by atoms with van der Waals surface area (Å²) in [6, 6.07) is -1.03. The average molecular weight is 208 g/mol. The van der Waals surface area contributed by atoms with Gasteiger partial charge in [0.25, 0.3) is 0 Å². The van der Waals surface area contributed by atoms with Crippen molar-refractivity contribution in [2.75, 3.05) is 0 Å². The van der Waals surface area contributed by atoms with Crippen molar-refractivity contribution in [1.29, 1.82) is 0 Å². The van der Waals surface area contributed by atoms with E-state index >= 15 is 0 Å². The fraction of sp³-hybridized carbons (Fsp3) is 1.00. The molecule has 0 aromatic carbocycles. The van der Waals surface area contributed by atoms with E-state index in [1.807, 2.05) is 0 Å². The van der Waals surface area contributed by atoms with E-state index in [1.165, 1.54) is 0 Å². The zero-order chi connectivity index (χ0) is 8.91. The number of hydrogen-bond donors (Lipinski definition) is 0. The highest BCUT2D eigenvalue weighted by molar-refractivity contribution is 6.59. The van der Waals surface area contributed by atoms with E-state index in [1.54, 1.807) is 0 Å². The van der Waals surface area contributed by atoms with Gasteiger partial charge in [-0.15, -0.1) is 0 Å². The third-order valence-electron chi connectivity index (χ3n) is 1.13. The Morgan fingerprint density at radius 3 is 2.09 bits per heavy atom. The summed E-state index contributed by atoms with van der Waals surface area (Å²) < 4.78 is 57.5. The smallest absolute Gasteiger partial charge is 0.238 e. The second-order valence-corrected chi connectivity index (χ2v) is 5.97. The largest absolute Gasteiger partial charge is 0.615 e. The molecule has 0 aliphatic heterocycles. The Morgan fingerprint density at radius 1 is 1.18 bits per heavy atom. The van der Waals surface area contributed by atoms with Gasteiger partial charge in [-0.2, -0.15) is 0 Å². The molecule has 0 amide bonds. The van der Waals surface area contributed by atoms with Gasteiger partial charge in [0.2, 0.25) is 6.43 Å². The second kappa shape index (κ2) is 4.86. The third-order valence-corrected chi connectivity index (χ3v) is 4.46. The lowest BCUT2D eigenvalue weighted by atomic mass is 10.8. The van der Waals surface area contributed by atoms with Crippen molar-refractivity contribution in [2.24, 2.45) is 0 Å². The third kappa shape index (κ3) is 10.1. The molecule has 0 aliphatic rings. The normalized spacial score (nSPS) is 13.6. The number of halogens is 5. The summed E-state index contributed by atoms with van der Waals surface area (Å²) in [7, 11) is -6.59. The monoisotopic (exact) mass is 208 g/mol. The molecule has 0 rings (SSSR count). The van der Waals surface area contributed by atoms with Gasteiger partial charge >= 0.3 is 9.08 Å². The first-order chi connectivity index (χ1) is 4.92. The number of alkyl halides is 2. The van der Waals surface area contributed by atoms with E-state index in [0.29, 0.717) is 0 Å². The van der Waals surface area contributed by atoms with E-state index in [4.69, 9.17) is 0 Å². The molecular formula is C4H9F5Si2. The Hall–Kier alpha value is 0.0838. The molecule has 11 heavy (non-hydrogen) atoms. The van der Waals surface area contributed by atoms with Crippen LogP contribution in [0.3, 0.4) is 0 Å². The molecule has 0 radical (unpaired) electrons. The van der Waals surface area contributed by atoms with Crippen LogP contribution in [0.25, 0.3) is 0 Å². The predicted molar refractivity (Wildman–Crippen MR) is 38.0 cm³/mol. The molecule has 0 nitrogen and oxygen atoms in total. The summed E-state index contributed by atoms with van der Waals surface area (Å²) in [4.78, 5) is 0. The lowest BCUT2D eigenvalue weighted by molar-refractivity contribution is 0.171. The second-order valence-electron chi connectivity index (χ2n) is 2.25. The van der Waals surface area contributed by atoms with Crippen LogP contribution in [0.2, 0.25) is 18.1 Å². The van der Waals surface area contributed by atoms with Crippen LogP contribution in [0.5, 0.6) is 0 Å². The molecule has 0 unspecified atom stereocenters. The van der Waals surface area contributed by atoms with Crippen LogP contribution in [0.4, 0.5) is 21.1 Å². The zero-order valence-electron chi connectivity index (χ0n) is 5.80. The van der Waals surface area contributed by atoms with Gasteiger partial charge in [0.1, 0.15) is 0 Å². The molecule has 0 bridgehead atoms. The molecule has 0 N–H and O–H groups in total. The van der Waals surface area contributed by atoms with E-state index in [2.05, 4.69) is 0 Å². The summed E-state index contributed by atoms with van der Waals surface area (Å²) >= 11 is 0. The standard InChI is InChI=1S/C4H9F5Si2/c5-4(6)3-10-1-2-11(7,8)9/h4H,1-3,10H2. The zero-order valence-corrected chi connectivity index (χ0v) is 8.21. The first-order valence-corrected chi connectivity index (χ1v) is 7.11. The van der Waals surface area contributed by atoms with Gasteiger partial charge in [0, 0.05) is 15.6 Å². The first-order valence-electron chi connectivity index (χ1n) is 3.27. The SMILES string of the molecule is FC(F)C[SiH2]CC[Si](F)(F)F. The molecule has 0 fully saturated rings. The summed E-state index contributed by atoms with van der Waals surface area (Å²) in [5, 5.41) is 0. The highest BCUT2D eigenvalue weighted by atomic mass is 28.5. The molecule has 0 heterocycles. The Morgan fingerprint density at radius 2 is 1.73 bits per heavy atom. The maximum Gasteiger partial charge on any atom is 0.615 e. The number of rotatable bonds is 5. The van der Waals surface area contributed by atoms with Crippen LogP contribution in [-0.2, 0) is 0 Å². The molecule has 0 spiro atoms. The average Bonchev–Trinajstić information content (AvgIpc) is 1.78. The van der Waals surface area contributed by atoms with Gasteiger partial charge in [-0.05, 0) is 6.04 Å². The molecule has 0 aromatic heterocycles.